The van der Waals surface area contributed by atoms with Crippen LogP contribution in [0.4, 0.5) is 0 Å². The van der Waals surface area contributed by atoms with Crippen LogP contribution in [0.3, 0.4) is 0 Å². The van der Waals surface area contributed by atoms with E-state index >= 15 is 0 Å². The van der Waals surface area contributed by atoms with Gasteiger partial charge in [0.05, 0.1) is 0 Å². The Morgan fingerprint density at radius 1 is 0.913 bits per heavy atom. The van der Waals surface area contributed by atoms with E-state index in [1.807, 2.05) is 68.4 Å². The second-order valence-corrected chi connectivity index (χ2v) is 5.69. The molecule has 0 unspecified atom stereocenters. The summed E-state index contributed by atoms with van der Waals surface area (Å²) in [6, 6.07) is 17.7. The molecule has 4 nitrogen and oxygen atoms in total. The van der Waals surface area contributed by atoms with Crippen LogP contribution in [-0.2, 0) is 16.1 Å². The van der Waals surface area contributed by atoms with Crippen molar-refractivity contribution in [3.8, 4) is 0 Å². The standard InChI is InChI=1S/C19H22N2O2/c1-14-8-10-16(11-9-14)13-21-19(23)18(22)20-12-15(2)17-6-4-3-5-7-17/h3-11,15H,12-13H2,1-2H3,(H,20,22)(H,21,23)/t15-/m1/s1. The smallest absolute Gasteiger partial charge is 0.309 e. The molecule has 0 aliphatic rings. The molecule has 0 aromatic heterocycles. The third-order valence-electron chi connectivity index (χ3n) is 3.72. The second-order valence-electron chi connectivity index (χ2n) is 5.69. The Balaban J connectivity index is 1.76. The van der Waals surface area contributed by atoms with Gasteiger partial charge in [-0.25, -0.2) is 0 Å². The molecule has 4 heteroatoms. The summed E-state index contributed by atoms with van der Waals surface area (Å²) in [5.41, 5.74) is 3.26. The number of nitrogens with one attached hydrogen (secondary N) is 2. The Bertz CT molecular complexity index is 651. The molecule has 2 rings (SSSR count). The molecule has 0 aliphatic heterocycles. The van der Waals surface area contributed by atoms with Crippen LogP contribution >= 0.6 is 0 Å². The van der Waals surface area contributed by atoms with E-state index in [-0.39, 0.29) is 5.92 Å². The van der Waals surface area contributed by atoms with E-state index in [1.165, 1.54) is 0 Å². The van der Waals surface area contributed by atoms with Crippen molar-refractivity contribution in [2.24, 2.45) is 0 Å². The first-order valence-corrected chi connectivity index (χ1v) is 7.73. The van der Waals surface area contributed by atoms with Crippen LogP contribution in [0.5, 0.6) is 0 Å². The van der Waals surface area contributed by atoms with Gasteiger partial charge in [-0.05, 0) is 24.0 Å². The molecule has 120 valence electrons. The molecule has 0 aliphatic carbocycles. The fourth-order valence-corrected chi connectivity index (χ4v) is 2.19. The van der Waals surface area contributed by atoms with E-state index < -0.39 is 11.8 Å². The van der Waals surface area contributed by atoms with E-state index in [4.69, 9.17) is 0 Å². The highest BCUT2D eigenvalue weighted by atomic mass is 16.2. The van der Waals surface area contributed by atoms with Crippen LogP contribution in [0.15, 0.2) is 54.6 Å². The predicted octanol–water partition coefficient (Wildman–Crippen LogP) is 2.53. The minimum absolute atomic E-state index is 0.157. The van der Waals surface area contributed by atoms with Crippen molar-refractivity contribution in [3.05, 3.63) is 71.3 Å². The molecule has 2 aromatic carbocycles. The summed E-state index contributed by atoms with van der Waals surface area (Å²) in [4.78, 5) is 23.6. The molecule has 0 spiro atoms. The van der Waals surface area contributed by atoms with Crippen LogP contribution in [0.2, 0.25) is 0 Å². The fourth-order valence-electron chi connectivity index (χ4n) is 2.19. The Morgan fingerprint density at radius 2 is 1.52 bits per heavy atom. The zero-order valence-electron chi connectivity index (χ0n) is 13.5. The maximum Gasteiger partial charge on any atom is 0.309 e. The van der Waals surface area contributed by atoms with Crippen LogP contribution in [0.25, 0.3) is 0 Å². The van der Waals surface area contributed by atoms with Crippen LogP contribution < -0.4 is 10.6 Å². The van der Waals surface area contributed by atoms with E-state index in [0.29, 0.717) is 13.1 Å². The lowest BCUT2D eigenvalue weighted by Gasteiger charge is -2.13. The van der Waals surface area contributed by atoms with Gasteiger partial charge in [0, 0.05) is 13.1 Å². The fraction of sp³-hybridized carbons (Fsp3) is 0.263. The van der Waals surface area contributed by atoms with Crippen molar-refractivity contribution in [1.29, 1.82) is 0 Å². The summed E-state index contributed by atoms with van der Waals surface area (Å²) in [5, 5.41) is 5.31. The first-order valence-electron chi connectivity index (χ1n) is 7.73. The lowest BCUT2D eigenvalue weighted by atomic mass is 10.0. The van der Waals surface area contributed by atoms with Gasteiger partial charge in [-0.15, -0.1) is 0 Å². The largest absolute Gasteiger partial charge is 0.347 e. The first kappa shape index (κ1) is 16.7. The lowest BCUT2D eigenvalue weighted by molar-refractivity contribution is -0.139. The summed E-state index contributed by atoms with van der Waals surface area (Å²) >= 11 is 0. The Labute approximate surface area is 136 Å². The molecule has 0 fully saturated rings. The Morgan fingerprint density at radius 3 is 2.17 bits per heavy atom. The minimum atomic E-state index is -0.606. The van der Waals surface area contributed by atoms with Crippen molar-refractivity contribution in [1.82, 2.24) is 10.6 Å². The summed E-state index contributed by atoms with van der Waals surface area (Å²) in [7, 11) is 0. The van der Waals surface area contributed by atoms with Crippen molar-refractivity contribution >= 4 is 11.8 Å². The minimum Gasteiger partial charge on any atom is -0.347 e. The zero-order chi connectivity index (χ0) is 16.7. The third kappa shape index (κ3) is 5.25. The highest BCUT2D eigenvalue weighted by molar-refractivity contribution is 6.35. The van der Waals surface area contributed by atoms with Gasteiger partial charge in [-0.1, -0.05) is 67.1 Å². The van der Waals surface area contributed by atoms with Crippen molar-refractivity contribution in [2.75, 3.05) is 6.54 Å². The molecule has 0 bridgehead atoms. The van der Waals surface area contributed by atoms with Gasteiger partial charge in [0.15, 0.2) is 0 Å². The van der Waals surface area contributed by atoms with Crippen LogP contribution in [-0.4, -0.2) is 18.4 Å². The number of hydrogen-bond acceptors (Lipinski definition) is 2. The number of benzene rings is 2. The molecule has 2 amide bonds. The quantitative estimate of drug-likeness (QED) is 0.834. The molecule has 0 radical (unpaired) electrons. The monoisotopic (exact) mass is 310 g/mol. The summed E-state index contributed by atoms with van der Waals surface area (Å²) in [6.45, 7) is 4.80. The highest BCUT2D eigenvalue weighted by Gasteiger charge is 2.14. The summed E-state index contributed by atoms with van der Waals surface area (Å²) in [6.07, 6.45) is 0. The summed E-state index contributed by atoms with van der Waals surface area (Å²) < 4.78 is 0. The number of aryl methyl sites for hydroxylation is 1. The number of rotatable bonds is 5. The molecule has 2 N–H and O–H groups in total. The number of carbonyl (C=O) groups excluding carboxylic acids is 2. The van der Waals surface area contributed by atoms with E-state index in [2.05, 4.69) is 10.6 Å². The van der Waals surface area contributed by atoms with Crippen molar-refractivity contribution < 1.29 is 9.59 Å². The van der Waals surface area contributed by atoms with E-state index in [9.17, 15) is 9.59 Å². The van der Waals surface area contributed by atoms with Gasteiger partial charge in [0.25, 0.3) is 0 Å². The maximum absolute atomic E-state index is 11.8. The Kier molecular flexibility index (Phi) is 5.92. The van der Waals surface area contributed by atoms with E-state index in [0.717, 1.165) is 16.7 Å². The second kappa shape index (κ2) is 8.13. The average molecular weight is 310 g/mol. The topological polar surface area (TPSA) is 58.2 Å². The molecular formula is C19H22N2O2. The predicted molar refractivity (Wildman–Crippen MR) is 90.9 cm³/mol. The van der Waals surface area contributed by atoms with Crippen LogP contribution in [0.1, 0.15) is 29.5 Å². The third-order valence-corrected chi connectivity index (χ3v) is 3.72. The summed E-state index contributed by atoms with van der Waals surface area (Å²) in [5.74, 6) is -1.05. The molecule has 1 atom stereocenters. The molecule has 0 saturated carbocycles. The number of amides is 2. The van der Waals surface area contributed by atoms with Gasteiger partial charge in [-0.2, -0.15) is 0 Å². The van der Waals surface area contributed by atoms with Gasteiger partial charge >= 0.3 is 11.8 Å². The average Bonchev–Trinajstić information content (AvgIpc) is 2.59. The van der Waals surface area contributed by atoms with Crippen molar-refractivity contribution in [2.45, 2.75) is 26.3 Å². The first-order chi connectivity index (χ1) is 11.1. The molecular weight excluding hydrogens is 288 g/mol. The van der Waals surface area contributed by atoms with Crippen molar-refractivity contribution in [3.63, 3.8) is 0 Å². The molecule has 0 heterocycles. The van der Waals surface area contributed by atoms with Gasteiger partial charge in [0.2, 0.25) is 0 Å². The van der Waals surface area contributed by atoms with E-state index in [1.54, 1.807) is 0 Å². The lowest BCUT2D eigenvalue weighted by Crippen LogP contribution is -2.40. The van der Waals surface area contributed by atoms with Gasteiger partial charge < -0.3 is 10.6 Å². The number of hydrogen-bond donors (Lipinski definition) is 2. The molecule has 2 aromatic rings. The Hall–Kier alpha value is -2.62. The zero-order valence-corrected chi connectivity index (χ0v) is 13.5. The molecule has 0 saturated heterocycles. The highest BCUT2D eigenvalue weighted by Crippen LogP contribution is 2.12. The maximum atomic E-state index is 11.8. The van der Waals surface area contributed by atoms with Crippen LogP contribution in [0, 0.1) is 6.92 Å². The normalized spacial score (nSPS) is 11.6. The molecule has 23 heavy (non-hydrogen) atoms. The number of carbonyl (C=O) groups is 2. The van der Waals surface area contributed by atoms with Gasteiger partial charge in [-0.3, -0.25) is 9.59 Å². The SMILES string of the molecule is Cc1ccc(CNC(=O)C(=O)NC[C@@H](C)c2ccccc2)cc1. The van der Waals surface area contributed by atoms with Gasteiger partial charge in [0.1, 0.15) is 0 Å².